The molecule has 0 radical (unpaired) electrons. The summed E-state index contributed by atoms with van der Waals surface area (Å²) < 4.78 is 10.0. The Kier molecular flexibility index (Phi) is 7.84. The van der Waals surface area contributed by atoms with Crippen molar-refractivity contribution >= 4 is 11.9 Å². The number of nitrogens with zero attached hydrogens (tertiary/aromatic N) is 2. The number of carbonyl (C=O) groups is 2. The first-order valence-corrected chi connectivity index (χ1v) is 8.80. The van der Waals surface area contributed by atoms with Crippen molar-refractivity contribution in [2.24, 2.45) is 0 Å². The van der Waals surface area contributed by atoms with Gasteiger partial charge in [-0.05, 0) is 57.2 Å². The molecule has 28 heavy (non-hydrogen) atoms. The fourth-order valence-corrected chi connectivity index (χ4v) is 2.26. The minimum atomic E-state index is -0.378. The number of benzene rings is 1. The molecule has 0 unspecified atom stereocenters. The Labute approximate surface area is 164 Å². The summed E-state index contributed by atoms with van der Waals surface area (Å²) in [5, 5.41) is 0. The molecule has 1 aromatic carbocycles. The molecule has 3 rings (SSSR count). The highest BCUT2D eigenvalue weighted by atomic mass is 16.5. The smallest absolute Gasteiger partial charge is 0.345 e. The van der Waals surface area contributed by atoms with Gasteiger partial charge >= 0.3 is 11.9 Å². The molecule has 0 N–H and O–H groups in total. The molecule has 6 nitrogen and oxygen atoms in total. The maximum Gasteiger partial charge on any atom is 0.345 e. The van der Waals surface area contributed by atoms with Gasteiger partial charge < -0.3 is 9.47 Å². The average molecular weight is 378 g/mol. The summed E-state index contributed by atoms with van der Waals surface area (Å²) >= 11 is 0. The molecule has 0 atom stereocenters. The van der Waals surface area contributed by atoms with E-state index in [-0.39, 0.29) is 11.9 Å². The van der Waals surface area contributed by atoms with Crippen LogP contribution in [0.15, 0.2) is 67.0 Å². The molecule has 6 heteroatoms. The van der Waals surface area contributed by atoms with Crippen molar-refractivity contribution in [3.05, 3.63) is 89.5 Å². The van der Waals surface area contributed by atoms with Crippen molar-refractivity contribution in [3.8, 4) is 5.75 Å². The van der Waals surface area contributed by atoms with Gasteiger partial charge in [-0.1, -0.05) is 18.2 Å². The van der Waals surface area contributed by atoms with Crippen molar-refractivity contribution in [1.82, 2.24) is 9.97 Å². The van der Waals surface area contributed by atoms with Gasteiger partial charge in [-0.2, -0.15) is 0 Å². The number of pyridine rings is 2. The minimum Gasteiger partial charge on any atom is -0.462 e. The van der Waals surface area contributed by atoms with E-state index in [1.807, 2.05) is 18.2 Å². The molecule has 0 amide bonds. The number of hydrogen-bond donors (Lipinski definition) is 0. The number of hydrogen-bond acceptors (Lipinski definition) is 6. The lowest BCUT2D eigenvalue weighted by atomic mass is 10.2. The largest absolute Gasteiger partial charge is 0.462 e. The number of para-hydroxylation sites is 1. The van der Waals surface area contributed by atoms with Gasteiger partial charge in [0, 0.05) is 12.4 Å². The van der Waals surface area contributed by atoms with Crippen LogP contribution in [0, 0.1) is 13.8 Å². The van der Waals surface area contributed by atoms with Gasteiger partial charge in [-0.25, -0.2) is 9.59 Å². The maximum absolute atomic E-state index is 11.8. The minimum absolute atomic E-state index is 0.303. The summed E-state index contributed by atoms with van der Waals surface area (Å²) in [6, 6.07) is 15.8. The van der Waals surface area contributed by atoms with E-state index in [9.17, 15) is 9.59 Å². The number of rotatable bonds is 4. The van der Waals surface area contributed by atoms with Crippen LogP contribution < -0.4 is 4.74 Å². The lowest BCUT2D eigenvalue weighted by molar-refractivity contribution is 0.0524. The van der Waals surface area contributed by atoms with E-state index in [1.165, 1.54) is 0 Å². The summed E-state index contributed by atoms with van der Waals surface area (Å²) in [4.78, 5) is 31.0. The molecule has 0 bridgehead atoms. The summed E-state index contributed by atoms with van der Waals surface area (Å²) in [6.45, 7) is 5.74. The normalized spacial score (nSPS) is 9.68. The van der Waals surface area contributed by atoms with Gasteiger partial charge in [0.2, 0.25) is 0 Å². The third-order valence-electron chi connectivity index (χ3n) is 3.68. The highest BCUT2D eigenvalue weighted by molar-refractivity contribution is 5.92. The number of aryl methyl sites for hydroxylation is 2. The molecule has 0 aliphatic rings. The Morgan fingerprint density at radius 3 is 1.82 bits per heavy atom. The molecule has 0 saturated heterocycles. The second-order valence-electron chi connectivity index (χ2n) is 5.70. The van der Waals surface area contributed by atoms with E-state index in [1.54, 1.807) is 69.6 Å². The molecular weight excluding hydrogens is 356 g/mol. The van der Waals surface area contributed by atoms with Crippen LogP contribution in [0.3, 0.4) is 0 Å². The summed E-state index contributed by atoms with van der Waals surface area (Å²) in [5.74, 6) is -0.143. The Morgan fingerprint density at radius 1 is 0.786 bits per heavy atom. The number of ether oxygens (including phenoxy) is 2. The highest BCUT2D eigenvalue weighted by Crippen LogP contribution is 2.12. The van der Waals surface area contributed by atoms with E-state index < -0.39 is 0 Å². The van der Waals surface area contributed by atoms with Crippen LogP contribution in [0.2, 0.25) is 0 Å². The zero-order chi connectivity index (χ0) is 20.4. The molecule has 144 valence electrons. The molecule has 3 aromatic rings. The molecular formula is C22H22N2O4. The fraction of sp³-hybridized carbons (Fsp3) is 0.182. The van der Waals surface area contributed by atoms with Gasteiger partial charge in [0.25, 0.3) is 0 Å². The quantitative estimate of drug-likeness (QED) is 0.501. The Morgan fingerprint density at radius 2 is 1.32 bits per heavy atom. The lowest BCUT2D eigenvalue weighted by Crippen LogP contribution is -2.10. The van der Waals surface area contributed by atoms with Gasteiger partial charge in [-0.15, -0.1) is 0 Å². The number of esters is 2. The molecule has 2 heterocycles. The predicted molar refractivity (Wildman–Crippen MR) is 105 cm³/mol. The van der Waals surface area contributed by atoms with E-state index in [4.69, 9.17) is 9.47 Å². The molecule has 0 saturated carbocycles. The zero-order valence-corrected chi connectivity index (χ0v) is 16.1. The van der Waals surface area contributed by atoms with Crippen molar-refractivity contribution in [3.63, 3.8) is 0 Å². The third kappa shape index (κ3) is 6.02. The van der Waals surface area contributed by atoms with Crippen molar-refractivity contribution in [2.45, 2.75) is 20.8 Å². The topological polar surface area (TPSA) is 78.4 Å². The monoisotopic (exact) mass is 378 g/mol. The summed E-state index contributed by atoms with van der Waals surface area (Å²) in [7, 11) is 0. The summed E-state index contributed by atoms with van der Waals surface area (Å²) in [5.41, 5.74) is 2.41. The number of aromatic nitrogens is 2. The summed E-state index contributed by atoms with van der Waals surface area (Å²) in [6.07, 6.45) is 3.30. The van der Waals surface area contributed by atoms with Crippen LogP contribution in [-0.4, -0.2) is 28.5 Å². The van der Waals surface area contributed by atoms with E-state index in [0.717, 1.165) is 0 Å². The van der Waals surface area contributed by atoms with Crippen LogP contribution in [-0.2, 0) is 4.74 Å². The average Bonchev–Trinajstić information content (AvgIpc) is 2.70. The lowest BCUT2D eigenvalue weighted by Gasteiger charge is -2.05. The van der Waals surface area contributed by atoms with Crippen LogP contribution in [0.5, 0.6) is 5.75 Å². The SMILES string of the molecule is CCOC(=O)c1cccnc1C.Cc1ncccc1C(=O)Oc1ccccc1. The van der Waals surface area contributed by atoms with Crippen LogP contribution in [0.1, 0.15) is 39.0 Å². The molecule has 0 aliphatic heterocycles. The van der Waals surface area contributed by atoms with Crippen molar-refractivity contribution in [2.75, 3.05) is 6.61 Å². The van der Waals surface area contributed by atoms with Gasteiger partial charge in [0.1, 0.15) is 5.75 Å². The standard InChI is InChI=1S/C13H11NO2.C9H11NO2/c1-10-12(8-5-9-14-10)13(15)16-11-6-3-2-4-7-11;1-3-12-9(11)8-5-4-6-10-7(8)2/h2-9H,1H3;4-6H,3H2,1-2H3. The Bertz CT molecular complexity index is 927. The van der Waals surface area contributed by atoms with Gasteiger partial charge in [-0.3, -0.25) is 9.97 Å². The Hall–Kier alpha value is -3.54. The van der Waals surface area contributed by atoms with E-state index in [2.05, 4.69) is 9.97 Å². The number of carbonyl (C=O) groups excluding carboxylic acids is 2. The molecule has 0 aliphatic carbocycles. The molecule has 0 fully saturated rings. The third-order valence-corrected chi connectivity index (χ3v) is 3.68. The predicted octanol–water partition coefficient (Wildman–Crippen LogP) is 4.18. The first kappa shape index (κ1) is 20.8. The van der Waals surface area contributed by atoms with Crippen LogP contribution in [0.4, 0.5) is 0 Å². The van der Waals surface area contributed by atoms with Gasteiger partial charge in [0.15, 0.2) is 0 Å². The van der Waals surface area contributed by atoms with E-state index in [0.29, 0.717) is 34.9 Å². The second-order valence-corrected chi connectivity index (χ2v) is 5.70. The second kappa shape index (κ2) is 10.6. The van der Waals surface area contributed by atoms with Crippen LogP contribution >= 0.6 is 0 Å². The highest BCUT2D eigenvalue weighted by Gasteiger charge is 2.11. The Balaban J connectivity index is 0.000000209. The van der Waals surface area contributed by atoms with E-state index >= 15 is 0 Å². The first-order chi connectivity index (χ1) is 13.5. The fourth-order valence-electron chi connectivity index (χ4n) is 2.26. The maximum atomic E-state index is 11.8. The first-order valence-electron chi connectivity index (χ1n) is 8.80. The van der Waals surface area contributed by atoms with Crippen molar-refractivity contribution in [1.29, 1.82) is 0 Å². The van der Waals surface area contributed by atoms with Gasteiger partial charge in [0.05, 0.1) is 29.1 Å². The molecule has 2 aromatic heterocycles. The molecule has 0 spiro atoms. The zero-order valence-electron chi connectivity index (χ0n) is 16.1. The van der Waals surface area contributed by atoms with Crippen molar-refractivity contribution < 1.29 is 19.1 Å². The van der Waals surface area contributed by atoms with Crippen LogP contribution in [0.25, 0.3) is 0 Å².